The van der Waals surface area contributed by atoms with Gasteiger partial charge in [-0.3, -0.25) is 4.79 Å². The minimum Gasteiger partial charge on any atom is -0.350 e. The number of carbonyl (C=O) groups is 1. The first-order valence-corrected chi connectivity index (χ1v) is 4.94. The van der Waals surface area contributed by atoms with Gasteiger partial charge in [-0.25, -0.2) is 4.98 Å². The number of halogens is 2. The fourth-order valence-corrected chi connectivity index (χ4v) is 1.25. The summed E-state index contributed by atoms with van der Waals surface area (Å²) in [6.45, 7) is 0.389. The van der Waals surface area contributed by atoms with Crippen LogP contribution in [0.15, 0.2) is 12.1 Å². The number of nitrogens with one attached hydrogen (secondary N) is 1. The van der Waals surface area contributed by atoms with Gasteiger partial charge in [-0.1, -0.05) is 23.2 Å². The summed E-state index contributed by atoms with van der Waals surface area (Å²) < 4.78 is 0. The lowest BCUT2D eigenvalue weighted by Gasteiger charge is -2.04. The van der Waals surface area contributed by atoms with Crippen LogP contribution in [0.25, 0.3) is 0 Å². The highest BCUT2D eigenvalue weighted by atomic mass is 35.5. The van der Waals surface area contributed by atoms with Gasteiger partial charge in [0.05, 0.1) is 5.02 Å². The number of amides is 1. The number of hydrogen-bond donors (Lipinski definition) is 1. The summed E-state index contributed by atoms with van der Waals surface area (Å²) in [4.78, 5) is 15.3. The van der Waals surface area contributed by atoms with E-state index in [0.29, 0.717) is 13.0 Å². The van der Waals surface area contributed by atoms with Gasteiger partial charge in [-0.05, 0) is 12.1 Å². The first-order valence-electron chi connectivity index (χ1n) is 4.19. The van der Waals surface area contributed by atoms with E-state index in [1.807, 2.05) is 0 Å². The highest BCUT2D eigenvalue weighted by Gasteiger charge is 2.11. The van der Waals surface area contributed by atoms with Gasteiger partial charge in [0.25, 0.3) is 5.91 Å². The second kappa shape index (κ2) is 5.59. The molecule has 0 bridgehead atoms. The Hall–Kier alpha value is -1.24. The Morgan fingerprint density at radius 2 is 2.27 bits per heavy atom. The average molecular weight is 243 g/mol. The zero-order chi connectivity index (χ0) is 11.3. The lowest BCUT2D eigenvalue weighted by Crippen LogP contribution is -2.25. The van der Waals surface area contributed by atoms with Crippen molar-refractivity contribution in [3.63, 3.8) is 0 Å². The number of terminal acetylenes is 1. The minimum absolute atomic E-state index is 0.112. The van der Waals surface area contributed by atoms with Crippen molar-refractivity contribution >= 4 is 29.1 Å². The van der Waals surface area contributed by atoms with E-state index in [1.54, 1.807) is 0 Å². The summed E-state index contributed by atoms with van der Waals surface area (Å²) in [5, 5.41) is 3.07. The van der Waals surface area contributed by atoms with Gasteiger partial charge in [-0.15, -0.1) is 12.3 Å². The van der Waals surface area contributed by atoms with Crippen LogP contribution in [0.1, 0.15) is 16.9 Å². The fraction of sp³-hybridized carbons (Fsp3) is 0.200. The number of carbonyl (C=O) groups excluding carboxylic acids is 1. The third-order valence-electron chi connectivity index (χ3n) is 1.58. The first kappa shape index (κ1) is 11.8. The van der Waals surface area contributed by atoms with Gasteiger partial charge >= 0.3 is 0 Å². The zero-order valence-electron chi connectivity index (χ0n) is 7.76. The standard InChI is InChI=1S/C10H8Cl2N2O/c1-2-3-6-13-10(15)9-7(11)4-5-8(12)14-9/h1,4-5H,3,6H2,(H,13,15). The Balaban J connectivity index is 2.73. The Labute approximate surface area is 97.8 Å². The molecular formula is C10H8Cl2N2O. The van der Waals surface area contributed by atoms with Crippen molar-refractivity contribution in [2.75, 3.05) is 6.54 Å². The van der Waals surface area contributed by atoms with Crippen molar-refractivity contribution in [1.29, 1.82) is 0 Å². The molecule has 5 heteroatoms. The quantitative estimate of drug-likeness (QED) is 0.502. The van der Waals surface area contributed by atoms with Crippen molar-refractivity contribution in [2.45, 2.75) is 6.42 Å². The summed E-state index contributed by atoms with van der Waals surface area (Å²) in [6, 6.07) is 3.04. The highest BCUT2D eigenvalue weighted by molar-refractivity contribution is 6.34. The molecule has 0 fully saturated rings. The third-order valence-corrected chi connectivity index (χ3v) is 2.10. The second-order valence-electron chi connectivity index (χ2n) is 2.67. The maximum atomic E-state index is 11.5. The Kier molecular flexibility index (Phi) is 4.41. The van der Waals surface area contributed by atoms with Crippen LogP contribution in [-0.2, 0) is 0 Å². The molecule has 0 spiro atoms. The van der Waals surface area contributed by atoms with Crippen molar-refractivity contribution < 1.29 is 4.79 Å². The number of aromatic nitrogens is 1. The summed E-state index contributed by atoms with van der Waals surface area (Å²) in [7, 11) is 0. The van der Waals surface area contributed by atoms with E-state index < -0.39 is 0 Å². The van der Waals surface area contributed by atoms with Crippen LogP contribution in [0.4, 0.5) is 0 Å². The minimum atomic E-state index is -0.377. The van der Waals surface area contributed by atoms with Crippen molar-refractivity contribution in [3.8, 4) is 12.3 Å². The van der Waals surface area contributed by atoms with Crippen molar-refractivity contribution in [1.82, 2.24) is 10.3 Å². The Morgan fingerprint density at radius 3 is 2.93 bits per heavy atom. The summed E-state index contributed by atoms with van der Waals surface area (Å²) in [6.07, 6.45) is 5.51. The molecule has 0 aromatic carbocycles. The van der Waals surface area contributed by atoms with E-state index in [4.69, 9.17) is 29.6 Å². The van der Waals surface area contributed by atoms with Gasteiger partial charge in [0.1, 0.15) is 10.8 Å². The molecule has 0 aliphatic heterocycles. The maximum absolute atomic E-state index is 11.5. The molecule has 0 aliphatic rings. The smallest absolute Gasteiger partial charge is 0.271 e. The molecular weight excluding hydrogens is 235 g/mol. The molecule has 0 atom stereocenters. The van der Waals surface area contributed by atoms with E-state index in [-0.39, 0.29) is 21.8 Å². The Morgan fingerprint density at radius 1 is 1.53 bits per heavy atom. The average Bonchev–Trinajstić information content (AvgIpc) is 2.22. The first-order chi connectivity index (χ1) is 7.15. The Bertz CT molecular complexity index is 412. The summed E-state index contributed by atoms with van der Waals surface area (Å²) in [5.41, 5.74) is 0.112. The van der Waals surface area contributed by atoms with Gasteiger partial charge in [0, 0.05) is 13.0 Å². The predicted octanol–water partition coefficient (Wildman–Crippen LogP) is 2.14. The zero-order valence-corrected chi connectivity index (χ0v) is 9.27. The summed E-state index contributed by atoms with van der Waals surface area (Å²) in [5.74, 6) is 2.03. The third kappa shape index (κ3) is 3.43. The molecule has 0 saturated carbocycles. The molecule has 1 aromatic heterocycles. The second-order valence-corrected chi connectivity index (χ2v) is 3.47. The molecule has 78 valence electrons. The lowest BCUT2D eigenvalue weighted by atomic mass is 10.3. The molecule has 0 saturated heterocycles. The molecule has 0 unspecified atom stereocenters. The van der Waals surface area contributed by atoms with Crippen LogP contribution >= 0.6 is 23.2 Å². The van der Waals surface area contributed by atoms with E-state index in [1.165, 1.54) is 12.1 Å². The molecule has 1 heterocycles. The molecule has 1 aromatic rings. The van der Waals surface area contributed by atoms with Crippen LogP contribution in [0.5, 0.6) is 0 Å². The van der Waals surface area contributed by atoms with Crippen LogP contribution in [0.3, 0.4) is 0 Å². The SMILES string of the molecule is C#CCCNC(=O)c1nc(Cl)ccc1Cl. The highest BCUT2D eigenvalue weighted by Crippen LogP contribution is 2.16. The summed E-state index contributed by atoms with van der Waals surface area (Å²) >= 11 is 11.4. The van der Waals surface area contributed by atoms with Crippen LogP contribution in [-0.4, -0.2) is 17.4 Å². The van der Waals surface area contributed by atoms with Gasteiger partial charge in [0.2, 0.25) is 0 Å². The van der Waals surface area contributed by atoms with Gasteiger partial charge in [0.15, 0.2) is 0 Å². The van der Waals surface area contributed by atoms with Crippen LogP contribution in [0.2, 0.25) is 10.2 Å². The topological polar surface area (TPSA) is 42.0 Å². The van der Waals surface area contributed by atoms with E-state index >= 15 is 0 Å². The molecule has 1 amide bonds. The monoisotopic (exact) mass is 242 g/mol. The predicted molar refractivity (Wildman–Crippen MR) is 60.0 cm³/mol. The maximum Gasteiger partial charge on any atom is 0.271 e. The number of pyridine rings is 1. The molecule has 3 nitrogen and oxygen atoms in total. The molecule has 0 aliphatic carbocycles. The number of rotatable bonds is 3. The normalized spacial score (nSPS) is 9.40. The van der Waals surface area contributed by atoms with Crippen LogP contribution < -0.4 is 5.32 Å². The lowest BCUT2D eigenvalue weighted by molar-refractivity contribution is 0.0950. The van der Waals surface area contributed by atoms with Crippen molar-refractivity contribution in [2.24, 2.45) is 0 Å². The largest absolute Gasteiger partial charge is 0.350 e. The molecule has 1 rings (SSSR count). The van der Waals surface area contributed by atoms with E-state index in [9.17, 15) is 4.79 Å². The number of nitrogens with zero attached hydrogens (tertiary/aromatic N) is 1. The van der Waals surface area contributed by atoms with E-state index in [2.05, 4.69) is 16.2 Å². The van der Waals surface area contributed by atoms with Gasteiger partial charge < -0.3 is 5.32 Å². The molecule has 15 heavy (non-hydrogen) atoms. The van der Waals surface area contributed by atoms with E-state index in [0.717, 1.165) is 0 Å². The van der Waals surface area contributed by atoms with Crippen LogP contribution in [0, 0.1) is 12.3 Å². The van der Waals surface area contributed by atoms with Gasteiger partial charge in [-0.2, -0.15) is 0 Å². The molecule has 0 radical (unpaired) electrons. The van der Waals surface area contributed by atoms with Crippen molar-refractivity contribution in [3.05, 3.63) is 28.0 Å². The molecule has 1 N–H and O–H groups in total. The number of hydrogen-bond acceptors (Lipinski definition) is 2. The fourth-order valence-electron chi connectivity index (χ4n) is 0.909.